The Hall–Kier alpha value is -1.71. The van der Waals surface area contributed by atoms with E-state index in [9.17, 15) is 4.79 Å². The van der Waals surface area contributed by atoms with Crippen molar-refractivity contribution in [3.63, 3.8) is 0 Å². The minimum Gasteiger partial charge on any atom is -0.399 e. The van der Waals surface area contributed by atoms with Gasteiger partial charge in [0.1, 0.15) is 0 Å². The summed E-state index contributed by atoms with van der Waals surface area (Å²) in [4.78, 5) is 11.4. The maximum Gasteiger partial charge on any atom is 0.224 e. The number of hydrogen-bond donors (Lipinski definition) is 3. The molecule has 0 aliphatic heterocycles. The van der Waals surface area contributed by atoms with Crippen LogP contribution >= 0.6 is 0 Å². The molecule has 82 valence electrons. The predicted molar refractivity (Wildman–Crippen MR) is 62.3 cm³/mol. The monoisotopic (exact) mass is 207 g/mol. The van der Waals surface area contributed by atoms with Crippen molar-refractivity contribution in [3.8, 4) is 0 Å². The van der Waals surface area contributed by atoms with Crippen LogP contribution in [0.2, 0.25) is 0 Å². The third kappa shape index (κ3) is 3.50. The van der Waals surface area contributed by atoms with E-state index < -0.39 is 0 Å². The largest absolute Gasteiger partial charge is 0.399 e. The van der Waals surface area contributed by atoms with Gasteiger partial charge in [-0.1, -0.05) is 13.0 Å². The van der Waals surface area contributed by atoms with Gasteiger partial charge in [-0.05, 0) is 24.1 Å². The van der Waals surface area contributed by atoms with Gasteiger partial charge in [0.15, 0.2) is 0 Å². The Morgan fingerprint density at radius 2 is 2.13 bits per heavy atom. The molecule has 5 N–H and O–H groups in total. The molecule has 0 radical (unpaired) electrons. The van der Waals surface area contributed by atoms with Gasteiger partial charge in [0.25, 0.3) is 0 Å². The zero-order valence-electron chi connectivity index (χ0n) is 8.92. The van der Waals surface area contributed by atoms with Gasteiger partial charge in [0.05, 0.1) is 6.42 Å². The average Bonchev–Trinajstić information content (AvgIpc) is 2.19. The number of carbonyl (C=O) groups is 1. The lowest BCUT2D eigenvalue weighted by Gasteiger charge is -2.07. The highest BCUT2D eigenvalue weighted by molar-refractivity contribution is 5.80. The maximum atomic E-state index is 11.4. The van der Waals surface area contributed by atoms with Crippen molar-refractivity contribution in [3.05, 3.63) is 23.8 Å². The van der Waals surface area contributed by atoms with Crippen molar-refractivity contribution < 1.29 is 4.79 Å². The van der Waals surface area contributed by atoms with Crippen LogP contribution in [0.25, 0.3) is 0 Å². The topological polar surface area (TPSA) is 81.1 Å². The van der Waals surface area contributed by atoms with Crippen LogP contribution in [0.4, 0.5) is 11.4 Å². The summed E-state index contributed by atoms with van der Waals surface area (Å²) in [6.07, 6.45) is 1.25. The molecule has 0 fully saturated rings. The Balaban J connectivity index is 2.60. The molecule has 0 atom stereocenters. The quantitative estimate of drug-likeness (QED) is 0.642. The summed E-state index contributed by atoms with van der Waals surface area (Å²) in [6, 6.07) is 5.21. The summed E-state index contributed by atoms with van der Waals surface area (Å²) >= 11 is 0. The zero-order valence-corrected chi connectivity index (χ0v) is 8.92. The Kier molecular flexibility index (Phi) is 3.97. The molecule has 1 rings (SSSR count). The van der Waals surface area contributed by atoms with Crippen molar-refractivity contribution in [1.29, 1.82) is 0 Å². The molecule has 4 nitrogen and oxygen atoms in total. The second kappa shape index (κ2) is 5.24. The van der Waals surface area contributed by atoms with Gasteiger partial charge < -0.3 is 16.8 Å². The maximum absolute atomic E-state index is 11.4. The molecule has 1 amide bonds. The number of carbonyl (C=O) groups excluding carboxylic acids is 1. The Bertz CT molecular complexity index is 350. The van der Waals surface area contributed by atoms with E-state index in [4.69, 9.17) is 11.5 Å². The van der Waals surface area contributed by atoms with Gasteiger partial charge in [-0.25, -0.2) is 0 Å². The third-order valence-electron chi connectivity index (χ3n) is 2.09. The fourth-order valence-corrected chi connectivity index (χ4v) is 1.27. The molecular weight excluding hydrogens is 190 g/mol. The lowest BCUT2D eigenvalue weighted by Crippen LogP contribution is -2.25. The minimum atomic E-state index is -0.00618. The summed E-state index contributed by atoms with van der Waals surface area (Å²) in [6.45, 7) is 2.71. The molecule has 1 aromatic rings. The van der Waals surface area contributed by atoms with Crippen LogP contribution in [0.15, 0.2) is 18.2 Å². The van der Waals surface area contributed by atoms with Crippen molar-refractivity contribution in [2.45, 2.75) is 19.8 Å². The van der Waals surface area contributed by atoms with Crippen molar-refractivity contribution in [2.24, 2.45) is 0 Å². The number of nitrogens with two attached hydrogens (primary N) is 2. The smallest absolute Gasteiger partial charge is 0.224 e. The van der Waals surface area contributed by atoms with E-state index in [1.807, 2.05) is 6.92 Å². The van der Waals surface area contributed by atoms with Gasteiger partial charge in [-0.2, -0.15) is 0 Å². The van der Waals surface area contributed by atoms with Gasteiger partial charge in [0.2, 0.25) is 5.91 Å². The molecular formula is C11H17N3O. The van der Waals surface area contributed by atoms with Gasteiger partial charge in [-0.3, -0.25) is 4.79 Å². The van der Waals surface area contributed by atoms with Crippen LogP contribution < -0.4 is 16.8 Å². The van der Waals surface area contributed by atoms with Crippen LogP contribution in [0.5, 0.6) is 0 Å². The van der Waals surface area contributed by atoms with Crippen LogP contribution in [-0.4, -0.2) is 12.5 Å². The number of nitrogens with one attached hydrogen (secondary N) is 1. The summed E-state index contributed by atoms with van der Waals surface area (Å²) in [5.74, 6) is -0.00618. The number of rotatable bonds is 4. The molecule has 0 saturated carbocycles. The zero-order chi connectivity index (χ0) is 11.3. The summed E-state index contributed by atoms with van der Waals surface area (Å²) in [5.41, 5.74) is 13.3. The van der Waals surface area contributed by atoms with E-state index in [0.717, 1.165) is 12.0 Å². The first kappa shape index (κ1) is 11.4. The molecule has 4 heteroatoms. The number of nitrogen functional groups attached to an aromatic ring is 2. The molecule has 1 aromatic carbocycles. The van der Waals surface area contributed by atoms with Gasteiger partial charge in [0, 0.05) is 17.9 Å². The van der Waals surface area contributed by atoms with Crippen LogP contribution in [0.3, 0.4) is 0 Å². The van der Waals surface area contributed by atoms with E-state index in [1.54, 1.807) is 18.2 Å². The Morgan fingerprint density at radius 1 is 1.40 bits per heavy atom. The van der Waals surface area contributed by atoms with E-state index >= 15 is 0 Å². The molecule has 0 bridgehead atoms. The van der Waals surface area contributed by atoms with E-state index in [2.05, 4.69) is 5.32 Å². The number of amides is 1. The predicted octanol–water partition coefficient (Wildman–Crippen LogP) is 0.920. The molecule has 0 spiro atoms. The molecule has 0 unspecified atom stereocenters. The fraction of sp³-hybridized carbons (Fsp3) is 0.364. The normalized spacial score (nSPS) is 9.93. The van der Waals surface area contributed by atoms with E-state index in [0.29, 0.717) is 24.3 Å². The molecule has 0 heterocycles. The number of benzene rings is 1. The summed E-state index contributed by atoms with van der Waals surface area (Å²) in [5, 5.41) is 2.80. The van der Waals surface area contributed by atoms with Crippen LogP contribution in [0, 0.1) is 0 Å². The second-order valence-electron chi connectivity index (χ2n) is 3.48. The Morgan fingerprint density at radius 3 is 2.73 bits per heavy atom. The lowest BCUT2D eigenvalue weighted by molar-refractivity contribution is -0.120. The molecule has 0 aromatic heterocycles. The highest BCUT2D eigenvalue weighted by Crippen LogP contribution is 2.15. The number of hydrogen-bond acceptors (Lipinski definition) is 3. The number of anilines is 2. The third-order valence-corrected chi connectivity index (χ3v) is 2.09. The molecule has 0 aliphatic rings. The highest BCUT2D eigenvalue weighted by Gasteiger charge is 2.05. The Labute approximate surface area is 89.6 Å². The van der Waals surface area contributed by atoms with Crippen molar-refractivity contribution >= 4 is 17.3 Å². The first-order valence-electron chi connectivity index (χ1n) is 5.04. The average molecular weight is 207 g/mol. The van der Waals surface area contributed by atoms with Gasteiger partial charge in [-0.15, -0.1) is 0 Å². The highest BCUT2D eigenvalue weighted by atomic mass is 16.1. The standard InChI is InChI=1S/C11H17N3O/c1-2-5-14-11(15)6-8-3-4-9(12)7-10(8)13/h3-4,7H,2,5-6,12-13H2,1H3,(H,14,15). The lowest BCUT2D eigenvalue weighted by atomic mass is 10.1. The van der Waals surface area contributed by atoms with Crippen molar-refractivity contribution in [1.82, 2.24) is 5.32 Å². The molecule has 15 heavy (non-hydrogen) atoms. The molecule has 0 saturated heterocycles. The first-order chi connectivity index (χ1) is 7.13. The van der Waals surface area contributed by atoms with Crippen molar-refractivity contribution in [2.75, 3.05) is 18.0 Å². The summed E-state index contributed by atoms with van der Waals surface area (Å²) < 4.78 is 0. The van der Waals surface area contributed by atoms with E-state index in [-0.39, 0.29) is 5.91 Å². The SMILES string of the molecule is CCCNC(=O)Cc1ccc(N)cc1N. The minimum absolute atomic E-state index is 0.00618. The summed E-state index contributed by atoms with van der Waals surface area (Å²) in [7, 11) is 0. The fourth-order valence-electron chi connectivity index (χ4n) is 1.27. The first-order valence-corrected chi connectivity index (χ1v) is 5.04. The van der Waals surface area contributed by atoms with Crippen LogP contribution in [0.1, 0.15) is 18.9 Å². The molecule has 0 aliphatic carbocycles. The second-order valence-corrected chi connectivity index (χ2v) is 3.48. The van der Waals surface area contributed by atoms with Gasteiger partial charge >= 0.3 is 0 Å². The van der Waals surface area contributed by atoms with E-state index in [1.165, 1.54) is 0 Å². The van der Waals surface area contributed by atoms with Crippen LogP contribution in [-0.2, 0) is 11.2 Å².